The molecule has 1 heterocycles. The summed E-state index contributed by atoms with van der Waals surface area (Å²) in [6.45, 7) is -5.43. The van der Waals surface area contributed by atoms with E-state index >= 15 is 0 Å². The Balaban J connectivity index is 0.00000144. The second-order valence-electron chi connectivity index (χ2n) is 2.18. The van der Waals surface area contributed by atoms with Crippen LogP contribution >= 0.6 is 0 Å². The Morgan fingerprint density at radius 2 is 2.00 bits per heavy atom. The predicted octanol–water partition coefficient (Wildman–Crippen LogP) is -1.35. The topological polar surface area (TPSA) is 30.0 Å². The zero-order chi connectivity index (χ0) is 9.19. The fraction of sp³-hybridized carbons (Fsp3) is 0. The molecule has 64 valence electrons. The first kappa shape index (κ1) is 13.3. The molecule has 0 aliphatic rings. The molecule has 0 spiro atoms. The standard InChI is InChI=1S/C6H4BF3NO.K/c8-7(9,10)6(12)5-2-1-3-11-4-5;/h1-4H;/q-1;+1. The van der Waals surface area contributed by atoms with Crippen molar-refractivity contribution in [1.29, 1.82) is 0 Å². The summed E-state index contributed by atoms with van der Waals surface area (Å²) in [6, 6.07) is 2.37. The Kier molecular flexibility index (Phi) is 5.38. The Labute approximate surface area is 115 Å². The summed E-state index contributed by atoms with van der Waals surface area (Å²) in [5.74, 6) is 0. The third kappa shape index (κ3) is 3.90. The second kappa shape index (κ2) is 5.26. The monoisotopic (exact) mass is 213 g/mol. The Hall–Kier alpha value is 0.311. The van der Waals surface area contributed by atoms with E-state index < -0.39 is 18.2 Å². The van der Waals surface area contributed by atoms with E-state index in [-0.39, 0.29) is 51.4 Å². The molecule has 0 saturated heterocycles. The van der Waals surface area contributed by atoms with Crippen LogP contribution in [0.25, 0.3) is 0 Å². The summed E-state index contributed by atoms with van der Waals surface area (Å²) < 4.78 is 35.5. The van der Waals surface area contributed by atoms with Gasteiger partial charge in [0.1, 0.15) is 5.68 Å². The SMILES string of the molecule is O=C(c1cccnc1)[B-](F)(F)F.[K+]. The van der Waals surface area contributed by atoms with Crippen LogP contribution in [-0.4, -0.2) is 17.6 Å². The van der Waals surface area contributed by atoms with Crippen molar-refractivity contribution < 1.29 is 69.1 Å². The van der Waals surface area contributed by atoms with E-state index in [1.165, 1.54) is 12.3 Å². The fourth-order valence-corrected chi connectivity index (χ4v) is 0.697. The van der Waals surface area contributed by atoms with E-state index in [0.717, 1.165) is 12.3 Å². The first-order valence-electron chi connectivity index (χ1n) is 3.16. The number of aromatic nitrogens is 1. The molecule has 13 heavy (non-hydrogen) atoms. The van der Waals surface area contributed by atoms with Crippen molar-refractivity contribution in [1.82, 2.24) is 4.98 Å². The van der Waals surface area contributed by atoms with Gasteiger partial charge in [0.2, 0.25) is 0 Å². The third-order valence-corrected chi connectivity index (χ3v) is 1.24. The number of carbonyl (C=O) groups is 1. The number of nitrogens with zero attached hydrogens (tertiary/aromatic N) is 1. The molecule has 0 fully saturated rings. The van der Waals surface area contributed by atoms with Crippen LogP contribution in [0.5, 0.6) is 0 Å². The Morgan fingerprint density at radius 3 is 2.38 bits per heavy atom. The second-order valence-corrected chi connectivity index (χ2v) is 2.18. The molecule has 2 nitrogen and oxygen atoms in total. The molecule has 1 rings (SSSR count). The maximum Gasteiger partial charge on any atom is 1.00 e. The molecule has 0 aromatic carbocycles. The van der Waals surface area contributed by atoms with Gasteiger partial charge in [-0.25, -0.2) is 0 Å². The molecule has 1 aromatic heterocycles. The summed E-state index contributed by atoms with van der Waals surface area (Å²) in [5, 5.41) is 0. The number of hydrogen-bond donors (Lipinski definition) is 0. The average Bonchev–Trinajstić information content (AvgIpc) is 2.03. The van der Waals surface area contributed by atoms with Crippen LogP contribution in [0.3, 0.4) is 0 Å². The van der Waals surface area contributed by atoms with E-state index in [2.05, 4.69) is 4.98 Å². The van der Waals surface area contributed by atoms with Crippen molar-refractivity contribution in [3.8, 4) is 0 Å². The fourth-order valence-electron chi connectivity index (χ4n) is 0.697. The van der Waals surface area contributed by atoms with E-state index in [1.807, 2.05) is 0 Å². The molecule has 0 unspecified atom stereocenters. The molecule has 0 N–H and O–H groups in total. The van der Waals surface area contributed by atoms with Gasteiger partial charge in [-0.05, 0) is 6.07 Å². The van der Waals surface area contributed by atoms with Gasteiger partial charge in [-0.2, -0.15) is 0 Å². The smallest absolute Gasteiger partial charge is 0.443 e. The molecule has 0 radical (unpaired) electrons. The van der Waals surface area contributed by atoms with Crippen LogP contribution in [0, 0.1) is 0 Å². The molecule has 0 atom stereocenters. The minimum atomic E-state index is -5.43. The number of pyridine rings is 1. The van der Waals surface area contributed by atoms with Crippen molar-refractivity contribution >= 4 is 12.7 Å². The number of carbonyl (C=O) groups excluding carboxylic acids is 1. The van der Waals surface area contributed by atoms with Crippen molar-refractivity contribution in [2.75, 3.05) is 0 Å². The van der Waals surface area contributed by atoms with Gasteiger partial charge in [0.25, 0.3) is 0 Å². The molecule has 7 heteroatoms. The molecule has 0 aliphatic heterocycles. The molecular weight excluding hydrogens is 209 g/mol. The van der Waals surface area contributed by atoms with Crippen LogP contribution in [0.15, 0.2) is 24.5 Å². The summed E-state index contributed by atoms with van der Waals surface area (Å²) in [5.41, 5.74) is -2.21. The maximum atomic E-state index is 11.8. The molecule has 0 bridgehead atoms. The van der Waals surface area contributed by atoms with Crippen LogP contribution in [-0.2, 0) is 0 Å². The van der Waals surface area contributed by atoms with E-state index in [4.69, 9.17) is 0 Å². The predicted molar refractivity (Wildman–Crippen MR) is 37.6 cm³/mol. The minimum Gasteiger partial charge on any atom is -0.443 e. The Morgan fingerprint density at radius 1 is 1.38 bits per heavy atom. The van der Waals surface area contributed by atoms with Crippen molar-refractivity contribution in [2.45, 2.75) is 0 Å². The molecule has 0 aliphatic carbocycles. The van der Waals surface area contributed by atoms with Gasteiger partial charge >= 0.3 is 58.4 Å². The first-order chi connectivity index (χ1) is 5.52. The molecule has 0 amide bonds. The van der Waals surface area contributed by atoms with Crippen molar-refractivity contribution in [2.24, 2.45) is 0 Å². The van der Waals surface area contributed by atoms with Gasteiger partial charge in [0.05, 0.1) is 0 Å². The summed E-state index contributed by atoms with van der Waals surface area (Å²) in [7, 11) is 0. The minimum absolute atomic E-state index is 0. The third-order valence-electron chi connectivity index (χ3n) is 1.24. The van der Waals surface area contributed by atoms with E-state index in [0.29, 0.717) is 0 Å². The molecular formula is C6H4BF3KNO. The van der Waals surface area contributed by atoms with Gasteiger partial charge in [-0.3, -0.25) is 4.98 Å². The normalized spacial score (nSPS) is 10.4. The quantitative estimate of drug-likeness (QED) is 0.569. The maximum absolute atomic E-state index is 11.8. The van der Waals surface area contributed by atoms with Crippen LogP contribution in [0.4, 0.5) is 12.9 Å². The van der Waals surface area contributed by atoms with E-state index in [1.54, 1.807) is 0 Å². The van der Waals surface area contributed by atoms with Crippen LogP contribution < -0.4 is 51.4 Å². The van der Waals surface area contributed by atoms with Crippen LogP contribution in [0.2, 0.25) is 0 Å². The van der Waals surface area contributed by atoms with E-state index in [9.17, 15) is 17.7 Å². The largest absolute Gasteiger partial charge is 1.00 e. The zero-order valence-corrected chi connectivity index (χ0v) is 10.00. The number of halogens is 3. The summed E-state index contributed by atoms with van der Waals surface area (Å²) in [4.78, 5) is 13.9. The van der Waals surface area contributed by atoms with Crippen LogP contribution in [0.1, 0.15) is 10.4 Å². The van der Waals surface area contributed by atoms with Gasteiger partial charge in [-0.1, -0.05) is 6.07 Å². The molecule has 0 saturated carbocycles. The van der Waals surface area contributed by atoms with Gasteiger partial charge in [0.15, 0.2) is 0 Å². The van der Waals surface area contributed by atoms with Gasteiger partial charge < -0.3 is 17.7 Å². The number of hydrogen-bond acceptors (Lipinski definition) is 2. The average molecular weight is 213 g/mol. The van der Waals surface area contributed by atoms with Gasteiger partial charge in [-0.15, -0.1) is 0 Å². The van der Waals surface area contributed by atoms with Gasteiger partial charge in [0, 0.05) is 18.0 Å². The first-order valence-corrected chi connectivity index (χ1v) is 3.16. The summed E-state index contributed by atoms with van der Waals surface area (Å²) in [6.07, 6.45) is 2.21. The number of rotatable bonds is 2. The summed E-state index contributed by atoms with van der Waals surface area (Å²) >= 11 is 0. The van der Waals surface area contributed by atoms with Crippen molar-refractivity contribution in [3.05, 3.63) is 30.1 Å². The zero-order valence-electron chi connectivity index (χ0n) is 6.88. The molecule has 1 aromatic rings. The van der Waals surface area contributed by atoms with Crippen molar-refractivity contribution in [3.63, 3.8) is 0 Å². The Bertz CT molecular complexity index is 290.